The summed E-state index contributed by atoms with van der Waals surface area (Å²) in [5.74, 6) is 1.05. The number of rotatable bonds is 4. The molecular weight excluding hydrogens is 268 g/mol. The molecule has 3 rings (SSSR count). The van der Waals surface area contributed by atoms with Gasteiger partial charge in [-0.2, -0.15) is 0 Å². The Morgan fingerprint density at radius 2 is 1.86 bits per heavy atom. The van der Waals surface area contributed by atoms with Crippen molar-refractivity contribution in [3.8, 4) is 11.5 Å². The molecule has 0 radical (unpaired) electrons. The van der Waals surface area contributed by atoms with E-state index >= 15 is 0 Å². The van der Waals surface area contributed by atoms with Crippen molar-refractivity contribution >= 4 is 16.8 Å². The van der Waals surface area contributed by atoms with Crippen molar-refractivity contribution in [3.05, 3.63) is 53.9 Å². The molecule has 0 spiro atoms. The largest absolute Gasteiger partial charge is 0.497 e. The molecule has 1 aromatic carbocycles. The van der Waals surface area contributed by atoms with Crippen molar-refractivity contribution in [2.75, 3.05) is 14.2 Å². The molecule has 0 unspecified atom stereocenters. The molecule has 0 saturated heterocycles. The highest BCUT2D eigenvalue weighted by Crippen LogP contribution is 2.26. The van der Waals surface area contributed by atoms with Gasteiger partial charge in [-0.25, -0.2) is 4.98 Å². The summed E-state index contributed by atoms with van der Waals surface area (Å²) in [5, 5.41) is 0.796. The maximum Gasteiger partial charge on any atom is 0.195 e. The highest BCUT2D eigenvalue weighted by atomic mass is 16.5. The van der Waals surface area contributed by atoms with E-state index in [0.29, 0.717) is 28.3 Å². The molecule has 21 heavy (non-hydrogen) atoms. The summed E-state index contributed by atoms with van der Waals surface area (Å²) in [6.07, 6.45) is 3.35. The first kappa shape index (κ1) is 13.2. The third-order valence-corrected chi connectivity index (χ3v) is 3.31. The Morgan fingerprint density at radius 3 is 2.52 bits per heavy atom. The fourth-order valence-corrected chi connectivity index (χ4v) is 2.24. The maximum absolute atomic E-state index is 12.7. The molecule has 5 nitrogen and oxygen atoms in total. The monoisotopic (exact) mass is 282 g/mol. The normalized spacial score (nSPS) is 10.6. The van der Waals surface area contributed by atoms with Gasteiger partial charge in [-0.3, -0.25) is 4.79 Å². The van der Waals surface area contributed by atoms with Crippen LogP contribution < -0.4 is 9.47 Å². The van der Waals surface area contributed by atoms with E-state index in [2.05, 4.69) is 9.97 Å². The number of fused-ring (bicyclic) bond motifs is 1. The van der Waals surface area contributed by atoms with Crippen LogP contribution in [0.3, 0.4) is 0 Å². The standard InChI is InChI=1S/C16H14N2O3/c1-20-11-6-10(7-12(8-11)21-2)15(19)14-9-18-16-13(14)4-3-5-17-16/h3-9H,1-2H3,(H,17,18). The van der Waals surface area contributed by atoms with Crippen molar-refractivity contribution in [2.24, 2.45) is 0 Å². The summed E-state index contributed by atoms with van der Waals surface area (Å²) >= 11 is 0. The number of aromatic amines is 1. The summed E-state index contributed by atoms with van der Waals surface area (Å²) in [5.41, 5.74) is 1.78. The summed E-state index contributed by atoms with van der Waals surface area (Å²) in [6.45, 7) is 0. The van der Waals surface area contributed by atoms with E-state index in [0.717, 1.165) is 5.39 Å². The van der Waals surface area contributed by atoms with Gasteiger partial charge in [0.05, 0.1) is 14.2 Å². The summed E-state index contributed by atoms with van der Waals surface area (Å²) in [7, 11) is 3.11. The van der Waals surface area contributed by atoms with Gasteiger partial charge in [0.25, 0.3) is 0 Å². The van der Waals surface area contributed by atoms with Crippen LogP contribution in [0.25, 0.3) is 11.0 Å². The maximum atomic E-state index is 12.7. The second-order valence-electron chi connectivity index (χ2n) is 4.53. The molecule has 0 bridgehead atoms. The summed E-state index contributed by atoms with van der Waals surface area (Å²) in [6, 6.07) is 8.79. The quantitative estimate of drug-likeness (QED) is 0.747. The SMILES string of the molecule is COc1cc(OC)cc(C(=O)c2c[nH]c3ncccc23)c1. The van der Waals surface area contributed by atoms with Gasteiger partial charge >= 0.3 is 0 Å². The van der Waals surface area contributed by atoms with E-state index in [1.54, 1.807) is 50.9 Å². The molecule has 2 aromatic heterocycles. The van der Waals surface area contributed by atoms with Crippen LogP contribution in [0, 0.1) is 0 Å². The number of ether oxygens (including phenoxy) is 2. The number of hydrogen-bond acceptors (Lipinski definition) is 4. The number of pyridine rings is 1. The molecule has 5 heteroatoms. The Labute approximate surface area is 121 Å². The van der Waals surface area contributed by atoms with Crippen molar-refractivity contribution in [2.45, 2.75) is 0 Å². The molecule has 0 aliphatic rings. The Balaban J connectivity index is 2.09. The molecule has 106 valence electrons. The van der Waals surface area contributed by atoms with Gasteiger partial charge in [-0.1, -0.05) is 0 Å². The van der Waals surface area contributed by atoms with Gasteiger partial charge in [0, 0.05) is 35.0 Å². The lowest BCUT2D eigenvalue weighted by Gasteiger charge is -2.07. The van der Waals surface area contributed by atoms with Crippen molar-refractivity contribution < 1.29 is 14.3 Å². The highest BCUT2D eigenvalue weighted by Gasteiger charge is 2.16. The second-order valence-corrected chi connectivity index (χ2v) is 4.53. The minimum absolute atomic E-state index is 0.105. The number of carbonyl (C=O) groups excluding carboxylic acids is 1. The van der Waals surface area contributed by atoms with Crippen LogP contribution in [0.5, 0.6) is 11.5 Å². The zero-order valence-corrected chi connectivity index (χ0v) is 11.7. The molecule has 3 aromatic rings. The van der Waals surface area contributed by atoms with Crippen LogP contribution >= 0.6 is 0 Å². The molecule has 0 amide bonds. The fraction of sp³-hybridized carbons (Fsp3) is 0.125. The van der Waals surface area contributed by atoms with Crippen LogP contribution in [-0.2, 0) is 0 Å². The third-order valence-electron chi connectivity index (χ3n) is 3.31. The van der Waals surface area contributed by atoms with Crippen LogP contribution in [0.15, 0.2) is 42.7 Å². The molecule has 0 aliphatic heterocycles. The van der Waals surface area contributed by atoms with E-state index in [4.69, 9.17) is 9.47 Å². The van der Waals surface area contributed by atoms with Gasteiger partial charge in [0.15, 0.2) is 5.78 Å². The number of hydrogen-bond donors (Lipinski definition) is 1. The minimum Gasteiger partial charge on any atom is -0.497 e. The van der Waals surface area contributed by atoms with Crippen LogP contribution in [-0.4, -0.2) is 30.0 Å². The number of benzene rings is 1. The van der Waals surface area contributed by atoms with Crippen LogP contribution in [0.1, 0.15) is 15.9 Å². The Kier molecular flexibility index (Phi) is 3.31. The van der Waals surface area contributed by atoms with Crippen molar-refractivity contribution in [3.63, 3.8) is 0 Å². The van der Waals surface area contributed by atoms with Gasteiger partial charge in [-0.15, -0.1) is 0 Å². The number of methoxy groups -OCH3 is 2. The molecular formula is C16H14N2O3. The lowest BCUT2D eigenvalue weighted by atomic mass is 10.0. The zero-order chi connectivity index (χ0) is 14.8. The average molecular weight is 282 g/mol. The van der Waals surface area contributed by atoms with Gasteiger partial charge in [0.2, 0.25) is 0 Å². The molecule has 2 heterocycles. The average Bonchev–Trinajstić information content (AvgIpc) is 2.97. The topological polar surface area (TPSA) is 64.2 Å². The summed E-state index contributed by atoms with van der Waals surface area (Å²) in [4.78, 5) is 19.9. The van der Waals surface area contributed by atoms with E-state index in [9.17, 15) is 4.79 Å². The Morgan fingerprint density at radius 1 is 1.14 bits per heavy atom. The molecule has 0 aliphatic carbocycles. The van der Waals surface area contributed by atoms with E-state index < -0.39 is 0 Å². The lowest BCUT2D eigenvalue weighted by Crippen LogP contribution is -2.02. The first-order valence-electron chi connectivity index (χ1n) is 6.43. The second kappa shape index (κ2) is 5.28. The Bertz CT molecular complexity index is 786. The van der Waals surface area contributed by atoms with Gasteiger partial charge < -0.3 is 14.5 Å². The number of nitrogens with one attached hydrogen (secondary N) is 1. The van der Waals surface area contributed by atoms with E-state index in [1.807, 2.05) is 6.07 Å². The summed E-state index contributed by atoms with van der Waals surface area (Å²) < 4.78 is 10.4. The number of aromatic nitrogens is 2. The van der Waals surface area contributed by atoms with Crippen LogP contribution in [0.4, 0.5) is 0 Å². The predicted octanol–water partition coefficient (Wildman–Crippen LogP) is 2.81. The van der Waals surface area contributed by atoms with E-state index in [-0.39, 0.29) is 5.78 Å². The highest BCUT2D eigenvalue weighted by molar-refractivity contribution is 6.16. The lowest BCUT2D eigenvalue weighted by molar-refractivity contribution is 0.103. The van der Waals surface area contributed by atoms with Crippen molar-refractivity contribution in [1.82, 2.24) is 9.97 Å². The third kappa shape index (κ3) is 2.33. The number of H-pyrrole nitrogens is 1. The predicted molar refractivity (Wildman–Crippen MR) is 79.1 cm³/mol. The molecule has 0 atom stereocenters. The molecule has 1 N–H and O–H groups in total. The smallest absolute Gasteiger partial charge is 0.195 e. The van der Waals surface area contributed by atoms with E-state index in [1.165, 1.54) is 0 Å². The number of carbonyl (C=O) groups is 1. The van der Waals surface area contributed by atoms with Gasteiger partial charge in [0.1, 0.15) is 17.1 Å². The van der Waals surface area contributed by atoms with Gasteiger partial charge in [-0.05, 0) is 24.3 Å². The first-order chi connectivity index (χ1) is 10.2. The number of ketones is 1. The minimum atomic E-state index is -0.105. The van der Waals surface area contributed by atoms with Crippen molar-refractivity contribution in [1.29, 1.82) is 0 Å². The number of nitrogens with zero attached hydrogens (tertiary/aromatic N) is 1. The van der Waals surface area contributed by atoms with Crippen LogP contribution in [0.2, 0.25) is 0 Å². The first-order valence-corrected chi connectivity index (χ1v) is 6.43. The molecule has 0 saturated carbocycles. The zero-order valence-electron chi connectivity index (χ0n) is 11.7. The Hall–Kier alpha value is -2.82. The molecule has 0 fully saturated rings. The fourth-order valence-electron chi connectivity index (χ4n) is 2.24.